The molecule has 9 heteroatoms. The number of furan rings is 1. The summed E-state index contributed by atoms with van der Waals surface area (Å²) in [5.41, 5.74) is 3.51. The van der Waals surface area contributed by atoms with Crippen LogP contribution in [0.15, 0.2) is 83.5 Å². The number of rotatable bonds is 8. The summed E-state index contributed by atoms with van der Waals surface area (Å²) in [7, 11) is 1.58. The molecule has 9 nitrogen and oxygen atoms in total. The topological polar surface area (TPSA) is 107 Å². The largest absolute Gasteiger partial charge is 0.496 e. The van der Waals surface area contributed by atoms with Gasteiger partial charge in [-0.05, 0) is 61.0 Å². The van der Waals surface area contributed by atoms with Crippen molar-refractivity contribution in [2.75, 3.05) is 12.4 Å². The van der Waals surface area contributed by atoms with Gasteiger partial charge in [0.1, 0.15) is 30.0 Å². The number of nitro benzene ring substituents is 1. The molecule has 3 aromatic carbocycles. The highest BCUT2D eigenvalue weighted by molar-refractivity contribution is 6.01. The lowest BCUT2D eigenvalue weighted by atomic mass is 10.0. The normalized spacial score (nSPS) is 14.6. The maximum Gasteiger partial charge on any atom is 0.272 e. The zero-order chi connectivity index (χ0) is 25.9. The van der Waals surface area contributed by atoms with Crippen LogP contribution < -0.4 is 14.8 Å². The average Bonchev–Trinajstić information content (AvgIpc) is 3.42. The first-order chi connectivity index (χ1) is 17.9. The minimum absolute atomic E-state index is 0.0388. The second-order valence-corrected chi connectivity index (χ2v) is 8.67. The summed E-state index contributed by atoms with van der Waals surface area (Å²) in [6, 6.07) is 21.4. The van der Waals surface area contributed by atoms with Gasteiger partial charge in [0, 0.05) is 22.9 Å². The first kappa shape index (κ1) is 23.9. The van der Waals surface area contributed by atoms with Crippen LogP contribution in [0.4, 0.5) is 11.4 Å². The molecule has 0 radical (unpaired) electrons. The van der Waals surface area contributed by atoms with E-state index in [1.165, 1.54) is 6.07 Å². The number of ether oxygens (including phenoxy) is 2. The Hall–Kier alpha value is -4.79. The molecule has 1 aliphatic heterocycles. The Balaban J connectivity index is 1.45. The number of amides is 1. The van der Waals surface area contributed by atoms with Crippen LogP contribution in [0.25, 0.3) is 0 Å². The van der Waals surface area contributed by atoms with Crippen LogP contribution >= 0.6 is 0 Å². The first-order valence-corrected chi connectivity index (χ1v) is 11.7. The van der Waals surface area contributed by atoms with E-state index in [9.17, 15) is 14.9 Å². The number of nitrogens with zero attached hydrogens (tertiary/aromatic N) is 2. The van der Waals surface area contributed by atoms with Gasteiger partial charge in [-0.2, -0.15) is 0 Å². The van der Waals surface area contributed by atoms with Gasteiger partial charge >= 0.3 is 0 Å². The Morgan fingerprint density at radius 1 is 1.08 bits per heavy atom. The number of hydrogen-bond donors (Lipinski definition) is 1. The van der Waals surface area contributed by atoms with E-state index < -0.39 is 11.1 Å². The number of benzene rings is 3. The standard InChI is InChI=1S/C28H25N3O6/c1-18-14-21(10-11-25(18)31(33)34)37-17-20-15-19(9-12-26(20)35-2)27-29-24-8-4-3-7-23(24)28(32)30(27)16-22-6-5-13-36-22/h3-15,27,29H,16-17H2,1-2H3/t27-/m0/s1. The number of hydrogen-bond acceptors (Lipinski definition) is 7. The predicted octanol–water partition coefficient (Wildman–Crippen LogP) is 5.85. The molecule has 37 heavy (non-hydrogen) atoms. The Kier molecular flexibility index (Phi) is 6.51. The summed E-state index contributed by atoms with van der Waals surface area (Å²) in [6.45, 7) is 2.13. The van der Waals surface area contributed by atoms with Gasteiger partial charge in [0.15, 0.2) is 0 Å². The molecule has 2 heterocycles. The zero-order valence-corrected chi connectivity index (χ0v) is 20.3. The number of carbonyl (C=O) groups excluding carboxylic acids is 1. The quantitative estimate of drug-likeness (QED) is 0.239. The fourth-order valence-corrected chi connectivity index (χ4v) is 4.45. The van der Waals surface area contributed by atoms with E-state index >= 15 is 0 Å². The third-order valence-corrected chi connectivity index (χ3v) is 6.31. The molecular formula is C28H25N3O6. The smallest absolute Gasteiger partial charge is 0.272 e. The van der Waals surface area contributed by atoms with Crippen molar-refractivity contribution in [2.45, 2.75) is 26.2 Å². The molecule has 188 valence electrons. The molecule has 1 atom stereocenters. The second kappa shape index (κ2) is 10.1. The molecule has 4 aromatic rings. The Morgan fingerprint density at radius 2 is 1.92 bits per heavy atom. The summed E-state index contributed by atoms with van der Waals surface area (Å²) >= 11 is 0. The van der Waals surface area contributed by atoms with Gasteiger partial charge < -0.3 is 24.1 Å². The van der Waals surface area contributed by atoms with Crippen LogP contribution in [0.3, 0.4) is 0 Å². The van der Waals surface area contributed by atoms with E-state index in [0.29, 0.717) is 28.4 Å². The average molecular weight is 500 g/mol. The van der Waals surface area contributed by atoms with Gasteiger partial charge in [-0.3, -0.25) is 14.9 Å². The van der Waals surface area contributed by atoms with E-state index in [2.05, 4.69) is 5.32 Å². The van der Waals surface area contributed by atoms with Gasteiger partial charge in [-0.15, -0.1) is 0 Å². The Labute approximate surface area is 213 Å². The van der Waals surface area contributed by atoms with Gasteiger partial charge in [0.25, 0.3) is 11.6 Å². The molecule has 1 amide bonds. The molecular weight excluding hydrogens is 474 g/mol. The summed E-state index contributed by atoms with van der Waals surface area (Å²) in [6.07, 6.45) is 1.13. The van der Waals surface area contributed by atoms with Crippen LogP contribution in [0.2, 0.25) is 0 Å². The van der Waals surface area contributed by atoms with Crippen LogP contribution in [0.1, 0.15) is 39.0 Å². The predicted molar refractivity (Wildman–Crippen MR) is 137 cm³/mol. The number of nitrogens with one attached hydrogen (secondary N) is 1. The second-order valence-electron chi connectivity index (χ2n) is 8.67. The van der Waals surface area contributed by atoms with Crippen molar-refractivity contribution in [3.63, 3.8) is 0 Å². The lowest BCUT2D eigenvalue weighted by molar-refractivity contribution is -0.385. The molecule has 1 aliphatic rings. The fourth-order valence-electron chi connectivity index (χ4n) is 4.45. The number of para-hydroxylation sites is 1. The molecule has 0 unspecified atom stereocenters. The third-order valence-electron chi connectivity index (χ3n) is 6.31. The SMILES string of the molecule is COc1ccc([C@H]2Nc3ccccc3C(=O)N2Cc2ccco2)cc1COc1ccc([N+](=O)[O-])c(C)c1. The fraction of sp³-hybridized carbons (Fsp3) is 0.179. The first-order valence-electron chi connectivity index (χ1n) is 11.7. The minimum Gasteiger partial charge on any atom is -0.496 e. The van der Waals surface area contributed by atoms with Crippen molar-refractivity contribution in [1.82, 2.24) is 4.90 Å². The van der Waals surface area contributed by atoms with Crippen molar-refractivity contribution in [3.05, 3.63) is 117 Å². The number of carbonyl (C=O) groups is 1. The molecule has 0 spiro atoms. The van der Waals surface area contributed by atoms with Crippen molar-refractivity contribution >= 4 is 17.3 Å². The maximum absolute atomic E-state index is 13.5. The number of aryl methyl sites for hydroxylation is 1. The van der Waals surface area contributed by atoms with E-state index in [0.717, 1.165) is 16.8 Å². The highest BCUT2D eigenvalue weighted by Crippen LogP contribution is 2.36. The van der Waals surface area contributed by atoms with Crippen molar-refractivity contribution in [2.24, 2.45) is 0 Å². The lowest BCUT2D eigenvalue weighted by Gasteiger charge is -2.38. The van der Waals surface area contributed by atoms with Crippen LogP contribution in [0, 0.1) is 17.0 Å². The highest BCUT2D eigenvalue weighted by atomic mass is 16.6. The number of nitro groups is 1. The van der Waals surface area contributed by atoms with Crippen LogP contribution in [-0.2, 0) is 13.2 Å². The maximum atomic E-state index is 13.5. The molecule has 0 fully saturated rings. The number of fused-ring (bicyclic) bond motifs is 1. The summed E-state index contributed by atoms with van der Waals surface area (Å²) in [5, 5.41) is 14.6. The third kappa shape index (κ3) is 4.84. The van der Waals surface area contributed by atoms with Gasteiger partial charge in [-0.25, -0.2) is 0 Å². The lowest BCUT2D eigenvalue weighted by Crippen LogP contribution is -2.42. The van der Waals surface area contributed by atoms with Gasteiger partial charge in [0.2, 0.25) is 0 Å². The van der Waals surface area contributed by atoms with Crippen LogP contribution in [-0.4, -0.2) is 22.8 Å². The highest BCUT2D eigenvalue weighted by Gasteiger charge is 2.33. The molecule has 0 bridgehead atoms. The van der Waals surface area contributed by atoms with E-state index in [4.69, 9.17) is 13.9 Å². The van der Waals surface area contributed by atoms with E-state index in [-0.39, 0.29) is 24.7 Å². The summed E-state index contributed by atoms with van der Waals surface area (Å²) in [4.78, 5) is 25.9. The number of methoxy groups -OCH3 is 1. The molecule has 0 saturated heterocycles. The van der Waals surface area contributed by atoms with E-state index in [1.54, 1.807) is 49.5 Å². The minimum atomic E-state index is -0.459. The summed E-state index contributed by atoms with van der Waals surface area (Å²) in [5.74, 6) is 1.70. The van der Waals surface area contributed by atoms with Crippen molar-refractivity contribution in [3.8, 4) is 11.5 Å². The molecule has 1 N–H and O–H groups in total. The van der Waals surface area contributed by atoms with Crippen LogP contribution in [0.5, 0.6) is 11.5 Å². The number of anilines is 1. The van der Waals surface area contributed by atoms with E-state index in [1.807, 2.05) is 42.5 Å². The van der Waals surface area contributed by atoms with Gasteiger partial charge in [0.05, 0.1) is 30.4 Å². The van der Waals surface area contributed by atoms with Gasteiger partial charge in [-0.1, -0.05) is 18.2 Å². The molecule has 0 saturated carbocycles. The summed E-state index contributed by atoms with van der Waals surface area (Å²) < 4.78 is 17.1. The van der Waals surface area contributed by atoms with Crippen molar-refractivity contribution in [1.29, 1.82) is 0 Å². The molecule has 0 aliphatic carbocycles. The molecule has 5 rings (SSSR count). The molecule has 1 aromatic heterocycles. The Morgan fingerprint density at radius 3 is 2.65 bits per heavy atom. The zero-order valence-electron chi connectivity index (χ0n) is 20.3. The Bertz CT molecular complexity index is 1450. The van der Waals surface area contributed by atoms with Crippen molar-refractivity contribution < 1.29 is 23.6 Å². The monoisotopic (exact) mass is 499 g/mol.